The van der Waals surface area contributed by atoms with Gasteiger partial charge in [0.1, 0.15) is 11.5 Å². The molecule has 2 heterocycles. The summed E-state index contributed by atoms with van der Waals surface area (Å²) in [7, 11) is 0. The molecular formula is C20H20F2N4O. The fourth-order valence-corrected chi connectivity index (χ4v) is 3.56. The molecule has 2 aliphatic carbocycles. The van der Waals surface area contributed by atoms with Crippen LogP contribution in [0.1, 0.15) is 48.3 Å². The van der Waals surface area contributed by atoms with Gasteiger partial charge in [-0.2, -0.15) is 13.8 Å². The molecule has 0 aliphatic heterocycles. The van der Waals surface area contributed by atoms with Crippen molar-refractivity contribution in [2.75, 3.05) is 5.32 Å². The van der Waals surface area contributed by atoms with Crippen LogP contribution < -0.4 is 10.6 Å². The number of hydrogen-bond donors (Lipinski definition) is 2. The van der Waals surface area contributed by atoms with Gasteiger partial charge in [-0.3, -0.25) is 4.79 Å². The molecule has 4 rings (SSSR count). The molecule has 1 atom stereocenters. The van der Waals surface area contributed by atoms with E-state index >= 15 is 0 Å². The van der Waals surface area contributed by atoms with Gasteiger partial charge in [-0.15, -0.1) is 0 Å². The fourth-order valence-electron chi connectivity index (χ4n) is 3.56. The standard InChI is InChI=1S/C20H20F2N4O/c1-20(2)7-6-14(20)24-19(27)18-13-5-3-4-11(13)8-17(26-18)23-12-9-15(21)25-16(22)10-12/h3-4,8-10,14H,5-7H2,1-2H3,(H,24,27)(H,23,25,26). The molecule has 2 aromatic heterocycles. The Bertz CT molecular complexity index is 935. The summed E-state index contributed by atoms with van der Waals surface area (Å²) in [6.07, 6.45) is 6.54. The van der Waals surface area contributed by atoms with Gasteiger partial charge in [0.15, 0.2) is 0 Å². The summed E-state index contributed by atoms with van der Waals surface area (Å²) in [5.74, 6) is -1.72. The first-order valence-corrected chi connectivity index (χ1v) is 8.93. The third-order valence-electron chi connectivity index (χ3n) is 5.35. The Balaban J connectivity index is 1.63. The molecule has 0 radical (unpaired) electrons. The predicted molar refractivity (Wildman–Crippen MR) is 98.7 cm³/mol. The lowest BCUT2D eigenvalue weighted by Crippen LogP contribution is -2.52. The van der Waals surface area contributed by atoms with E-state index < -0.39 is 11.9 Å². The maximum atomic E-state index is 13.3. The molecule has 1 saturated carbocycles. The number of aromatic nitrogens is 2. The molecule has 0 spiro atoms. The number of hydrogen-bond acceptors (Lipinski definition) is 4. The van der Waals surface area contributed by atoms with E-state index in [1.54, 1.807) is 6.07 Å². The largest absolute Gasteiger partial charge is 0.347 e. The highest BCUT2D eigenvalue weighted by Crippen LogP contribution is 2.40. The van der Waals surface area contributed by atoms with E-state index in [-0.39, 0.29) is 23.1 Å². The number of carbonyl (C=O) groups excluding carboxylic acids is 1. The minimum absolute atomic E-state index is 0.0824. The molecule has 2 aliphatic rings. The molecule has 0 bridgehead atoms. The highest BCUT2D eigenvalue weighted by atomic mass is 19.1. The van der Waals surface area contributed by atoms with E-state index in [1.165, 1.54) is 0 Å². The van der Waals surface area contributed by atoms with Crippen LogP contribution in [0.4, 0.5) is 20.3 Å². The molecule has 7 heteroatoms. The number of allylic oxidation sites excluding steroid dienone is 1. The molecular weight excluding hydrogens is 350 g/mol. The molecule has 140 valence electrons. The van der Waals surface area contributed by atoms with Crippen LogP contribution in [0.5, 0.6) is 0 Å². The van der Waals surface area contributed by atoms with Crippen molar-refractivity contribution in [2.24, 2.45) is 5.41 Å². The average molecular weight is 370 g/mol. The van der Waals surface area contributed by atoms with Gasteiger partial charge in [0, 0.05) is 23.9 Å². The molecule has 1 fully saturated rings. The molecule has 0 saturated heterocycles. The lowest BCUT2D eigenvalue weighted by Gasteiger charge is -2.44. The number of fused-ring (bicyclic) bond motifs is 1. The zero-order chi connectivity index (χ0) is 19.2. The maximum absolute atomic E-state index is 13.3. The summed E-state index contributed by atoms with van der Waals surface area (Å²) in [5, 5.41) is 5.94. The van der Waals surface area contributed by atoms with Crippen LogP contribution in [0.3, 0.4) is 0 Å². The molecule has 1 amide bonds. The number of halogens is 2. The molecule has 0 aromatic carbocycles. The normalized spacial score (nSPS) is 19.3. The number of rotatable bonds is 4. The molecule has 27 heavy (non-hydrogen) atoms. The third-order valence-corrected chi connectivity index (χ3v) is 5.35. The molecule has 2 N–H and O–H groups in total. The van der Waals surface area contributed by atoms with Crippen LogP contribution in [0, 0.1) is 17.3 Å². The summed E-state index contributed by atoms with van der Waals surface area (Å²) < 4.78 is 26.7. The average Bonchev–Trinajstić information content (AvgIpc) is 3.05. The number of amides is 1. The van der Waals surface area contributed by atoms with Gasteiger partial charge >= 0.3 is 0 Å². The van der Waals surface area contributed by atoms with Crippen LogP contribution in [-0.2, 0) is 6.42 Å². The Kier molecular flexibility index (Phi) is 4.17. The van der Waals surface area contributed by atoms with Gasteiger partial charge in [0.2, 0.25) is 11.9 Å². The predicted octanol–water partition coefficient (Wildman–Crippen LogP) is 3.99. The maximum Gasteiger partial charge on any atom is 0.270 e. The fraction of sp³-hybridized carbons (Fsp3) is 0.350. The van der Waals surface area contributed by atoms with E-state index in [4.69, 9.17) is 0 Å². The first-order valence-electron chi connectivity index (χ1n) is 8.93. The van der Waals surface area contributed by atoms with E-state index in [0.717, 1.165) is 36.1 Å². The van der Waals surface area contributed by atoms with Crippen molar-refractivity contribution in [2.45, 2.75) is 39.2 Å². The van der Waals surface area contributed by atoms with Crippen molar-refractivity contribution in [1.29, 1.82) is 0 Å². The number of anilines is 2. The lowest BCUT2D eigenvalue weighted by molar-refractivity contribution is 0.0727. The van der Waals surface area contributed by atoms with Gasteiger partial charge in [-0.05, 0) is 41.9 Å². The van der Waals surface area contributed by atoms with Crippen molar-refractivity contribution < 1.29 is 13.6 Å². The smallest absolute Gasteiger partial charge is 0.270 e. The van der Waals surface area contributed by atoms with Crippen LogP contribution in [0.15, 0.2) is 24.3 Å². The highest BCUT2D eigenvalue weighted by Gasteiger charge is 2.39. The summed E-state index contributed by atoms with van der Waals surface area (Å²) in [5.41, 5.74) is 2.35. The van der Waals surface area contributed by atoms with Crippen LogP contribution in [0.25, 0.3) is 6.08 Å². The second-order valence-corrected chi connectivity index (χ2v) is 7.71. The second kappa shape index (κ2) is 6.40. The van der Waals surface area contributed by atoms with Gasteiger partial charge in [-0.25, -0.2) is 4.98 Å². The molecule has 1 unspecified atom stereocenters. The van der Waals surface area contributed by atoms with Gasteiger partial charge in [-0.1, -0.05) is 26.0 Å². The minimum Gasteiger partial charge on any atom is -0.347 e. The summed E-state index contributed by atoms with van der Waals surface area (Å²) in [4.78, 5) is 20.4. The van der Waals surface area contributed by atoms with E-state index in [9.17, 15) is 13.6 Å². The van der Waals surface area contributed by atoms with Crippen LogP contribution in [0.2, 0.25) is 0 Å². The van der Waals surface area contributed by atoms with E-state index in [1.807, 2.05) is 12.2 Å². The zero-order valence-electron chi connectivity index (χ0n) is 15.1. The highest BCUT2D eigenvalue weighted by molar-refractivity contribution is 5.96. The van der Waals surface area contributed by atoms with Crippen LogP contribution >= 0.6 is 0 Å². The van der Waals surface area contributed by atoms with Crippen LogP contribution in [-0.4, -0.2) is 21.9 Å². The minimum atomic E-state index is -0.927. The Morgan fingerprint density at radius 3 is 2.56 bits per heavy atom. The van der Waals surface area contributed by atoms with E-state index in [2.05, 4.69) is 34.4 Å². The van der Waals surface area contributed by atoms with Gasteiger partial charge < -0.3 is 10.6 Å². The van der Waals surface area contributed by atoms with E-state index in [0.29, 0.717) is 17.9 Å². The summed E-state index contributed by atoms with van der Waals surface area (Å²) >= 11 is 0. The second-order valence-electron chi connectivity index (χ2n) is 7.71. The van der Waals surface area contributed by atoms with Crippen molar-refractivity contribution in [3.05, 3.63) is 53.0 Å². The zero-order valence-corrected chi connectivity index (χ0v) is 15.1. The first-order chi connectivity index (χ1) is 12.8. The summed E-state index contributed by atoms with van der Waals surface area (Å²) in [6, 6.07) is 4.03. The van der Waals surface area contributed by atoms with Crippen molar-refractivity contribution in [1.82, 2.24) is 15.3 Å². The molecule has 5 nitrogen and oxygen atoms in total. The van der Waals surface area contributed by atoms with Gasteiger partial charge in [0.25, 0.3) is 5.91 Å². The first kappa shape index (κ1) is 17.6. The Morgan fingerprint density at radius 1 is 1.19 bits per heavy atom. The molecule has 2 aromatic rings. The lowest BCUT2D eigenvalue weighted by atomic mass is 9.67. The summed E-state index contributed by atoms with van der Waals surface area (Å²) in [6.45, 7) is 4.26. The topological polar surface area (TPSA) is 66.9 Å². The van der Waals surface area contributed by atoms with Crippen molar-refractivity contribution >= 4 is 23.5 Å². The van der Waals surface area contributed by atoms with Gasteiger partial charge in [0.05, 0.1) is 0 Å². The Hall–Kier alpha value is -2.83. The van der Waals surface area contributed by atoms with Crippen molar-refractivity contribution in [3.8, 4) is 0 Å². The number of nitrogens with one attached hydrogen (secondary N) is 2. The number of pyridine rings is 2. The Labute approximate surface area is 155 Å². The number of nitrogens with zero attached hydrogens (tertiary/aromatic N) is 2. The van der Waals surface area contributed by atoms with Crippen molar-refractivity contribution in [3.63, 3.8) is 0 Å². The Morgan fingerprint density at radius 2 is 1.93 bits per heavy atom. The number of carbonyl (C=O) groups is 1. The monoisotopic (exact) mass is 370 g/mol. The quantitative estimate of drug-likeness (QED) is 0.799. The SMILES string of the molecule is CC1(C)CCC1NC(=O)c1nc(Nc2cc(F)nc(F)c2)cc2c1CC=C2. The third kappa shape index (κ3) is 3.41.